The van der Waals surface area contributed by atoms with Gasteiger partial charge in [0.1, 0.15) is 11.3 Å². The fraction of sp³-hybridized carbons (Fsp3) is 0.444. The zero-order chi connectivity index (χ0) is 14.2. The highest BCUT2D eigenvalue weighted by atomic mass is 35.7. The minimum Gasteiger partial charge on any atom is -0.295 e. The number of rotatable bonds is 3. The van der Waals surface area contributed by atoms with Gasteiger partial charge in [-0.3, -0.25) is 9.69 Å². The molecule has 1 aromatic heterocycles. The minimum absolute atomic E-state index is 0.0351. The van der Waals surface area contributed by atoms with Crippen LogP contribution in [0.1, 0.15) is 6.42 Å². The molecule has 2 rings (SSSR count). The van der Waals surface area contributed by atoms with Gasteiger partial charge >= 0.3 is 0 Å². The third-order valence-electron chi connectivity index (χ3n) is 2.62. The third-order valence-corrected chi connectivity index (χ3v) is 4.60. The molecule has 1 fully saturated rings. The highest BCUT2D eigenvalue weighted by molar-refractivity contribution is 8.13. The summed E-state index contributed by atoms with van der Waals surface area (Å²) in [6, 6.07) is 0. The van der Waals surface area contributed by atoms with E-state index in [2.05, 4.69) is 9.97 Å². The number of halogens is 3. The summed E-state index contributed by atoms with van der Waals surface area (Å²) in [6.45, 7) is 0.178. The monoisotopic (exact) mass is 343 g/mol. The summed E-state index contributed by atoms with van der Waals surface area (Å²) < 4.78 is 22.0. The van der Waals surface area contributed by atoms with Crippen LogP contribution < -0.4 is 4.90 Å². The second-order valence-corrected chi connectivity index (χ2v) is 7.64. The molecule has 1 unspecified atom stereocenters. The van der Waals surface area contributed by atoms with Crippen LogP contribution in [0.5, 0.6) is 0 Å². The first-order valence-corrected chi connectivity index (χ1v) is 8.40. The second kappa shape index (κ2) is 5.40. The molecule has 1 aromatic rings. The van der Waals surface area contributed by atoms with Crippen LogP contribution >= 0.6 is 33.9 Å². The Hall–Kier alpha value is -0.630. The number of hydrogen-bond acceptors (Lipinski definition) is 5. The summed E-state index contributed by atoms with van der Waals surface area (Å²) in [4.78, 5) is 20.7. The average molecular weight is 345 g/mol. The molecule has 0 N–H and O–H groups in total. The minimum atomic E-state index is -3.65. The molecular weight excluding hydrogens is 337 g/mol. The lowest BCUT2D eigenvalue weighted by molar-refractivity contribution is -0.117. The van der Waals surface area contributed by atoms with Gasteiger partial charge in [-0.25, -0.2) is 18.4 Å². The summed E-state index contributed by atoms with van der Waals surface area (Å²) in [5.74, 6) is -0.754. The Kier molecular flexibility index (Phi) is 4.20. The number of carbonyl (C=O) groups is 1. The maximum absolute atomic E-state index is 11.9. The predicted octanol–water partition coefficient (Wildman–Crippen LogP) is 1.70. The van der Waals surface area contributed by atoms with Gasteiger partial charge in [0.25, 0.3) is 0 Å². The van der Waals surface area contributed by atoms with E-state index in [0.717, 1.165) is 0 Å². The molecule has 19 heavy (non-hydrogen) atoms. The van der Waals surface area contributed by atoms with Crippen LogP contribution in [0.15, 0.2) is 6.33 Å². The first-order valence-electron chi connectivity index (χ1n) is 5.16. The number of aromatic nitrogens is 2. The van der Waals surface area contributed by atoms with E-state index in [0.29, 0.717) is 0 Å². The molecule has 1 amide bonds. The molecule has 6 nitrogen and oxygen atoms in total. The average Bonchev–Trinajstić information content (AvgIpc) is 2.61. The summed E-state index contributed by atoms with van der Waals surface area (Å²) in [5.41, 5.74) is 0. The van der Waals surface area contributed by atoms with E-state index in [4.69, 9.17) is 33.9 Å². The Morgan fingerprint density at radius 1 is 1.37 bits per heavy atom. The lowest BCUT2D eigenvalue weighted by atomic mass is 10.1. The molecule has 104 valence electrons. The molecule has 0 bridgehead atoms. The summed E-state index contributed by atoms with van der Waals surface area (Å²) in [6.07, 6.45) is 1.26. The van der Waals surface area contributed by atoms with Crippen molar-refractivity contribution >= 4 is 54.7 Å². The van der Waals surface area contributed by atoms with Gasteiger partial charge in [-0.15, -0.1) is 0 Å². The predicted molar refractivity (Wildman–Crippen MR) is 72.2 cm³/mol. The van der Waals surface area contributed by atoms with Crippen molar-refractivity contribution in [2.24, 2.45) is 5.92 Å². The van der Waals surface area contributed by atoms with Gasteiger partial charge in [0.15, 0.2) is 11.0 Å². The molecule has 0 aromatic carbocycles. The number of carbonyl (C=O) groups excluding carboxylic acids is 1. The first-order chi connectivity index (χ1) is 8.78. The third kappa shape index (κ3) is 3.47. The van der Waals surface area contributed by atoms with E-state index < -0.39 is 9.05 Å². The molecule has 0 saturated carbocycles. The standard InChI is InChI=1S/C9H8Cl3N3O3S/c10-7-8(11)13-4-14-9(7)15-2-5(1-6(15)16)3-19(12,17)18/h4-5H,1-3H2. The quantitative estimate of drug-likeness (QED) is 0.616. The van der Waals surface area contributed by atoms with Crippen molar-refractivity contribution in [3.8, 4) is 0 Å². The Balaban J connectivity index is 2.23. The van der Waals surface area contributed by atoms with Crippen LogP contribution in [0.3, 0.4) is 0 Å². The molecule has 1 aliphatic heterocycles. The Morgan fingerprint density at radius 3 is 2.68 bits per heavy atom. The lowest BCUT2D eigenvalue weighted by Crippen LogP contribution is -2.26. The molecule has 0 spiro atoms. The van der Waals surface area contributed by atoms with Crippen LogP contribution in [0.4, 0.5) is 5.82 Å². The fourth-order valence-electron chi connectivity index (χ4n) is 1.91. The van der Waals surface area contributed by atoms with E-state index in [9.17, 15) is 13.2 Å². The largest absolute Gasteiger partial charge is 0.295 e. The van der Waals surface area contributed by atoms with Gasteiger partial charge in [-0.05, 0) is 0 Å². The normalized spacial score (nSPS) is 20.1. The van der Waals surface area contributed by atoms with Crippen molar-refractivity contribution in [3.05, 3.63) is 16.5 Å². The van der Waals surface area contributed by atoms with E-state index in [1.165, 1.54) is 11.2 Å². The van der Waals surface area contributed by atoms with Crippen LogP contribution in [-0.4, -0.2) is 36.6 Å². The summed E-state index contributed by atoms with van der Waals surface area (Å²) in [7, 11) is 1.53. The first kappa shape index (κ1) is 14.8. The maximum atomic E-state index is 11.9. The molecule has 0 radical (unpaired) electrons. The number of amides is 1. The zero-order valence-electron chi connectivity index (χ0n) is 9.38. The Morgan fingerprint density at radius 2 is 2.05 bits per heavy atom. The van der Waals surface area contributed by atoms with E-state index >= 15 is 0 Å². The molecule has 1 aliphatic rings. The molecule has 2 heterocycles. The van der Waals surface area contributed by atoms with Crippen molar-refractivity contribution in [3.63, 3.8) is 0 Å². The molecule has 10 heteroatoms. The van der Waals surface area contributed by atoms with Crippen LogP contribution in [0, 0.1) is 5.92 Å². The van der Waals surface area contributed by atoms with Crippen LogP contribution in [0.2, 0.25) is 10.2 Å². The fourth-order valence-corrected chi connectivity index (χ4v) is 3.56. The molecule has 1 saturated heterocycles. The van der Waals surface area contributed by atoms with Gasteiger partial charge in [0.05, 0.1) is 5.75 Å². The van der Waals surface area contributed by atoms with Gasteiger partial charge < -0.3 is 0 Å². The van der Waals surface area contributed by atoms with Gasteiger partial charge in [-0.1, -0.05) is 23.2 Å². The van der Waals surface area contributed by atoms with E-state index in [1.807, 2.05) is 0 Å². The van der Waals surface area contributed by atoms with Crippen molar-refractivity contribution in [1.82, 2.24) is 9.97 Å². The molecule has 1 atom stereocenters. The van der Waals surface area contributed by atoms with Gasteiger partial charge in [0.2, 0.25) is 15.0 Å². The smallest absolute Gasteiger partial charge is 0.232 e. The van der Waals surface area contributed by atoms with E-state index in [1.54, 1.807) is 0 Å². The number of anilines is 1. The second-order valence-electron chi connectivity index (χ2n) is 4.08. The van der Waals surface area contributed by atoms with Crippen LogP contribution in [0.25, 0.3) is 0 Å². The summed E-state index contributed by atoms with van der Waals surface area (Å²) in [5, 5.41) is 0.0970. The summed E-state index contributed by atoms with van der Waals surface area (Å²) >= 11 is 11.7. The topological polar surface area (TPSA) is 80.2 Å². The van der Waals surface area contributed by atoms with Crippen LogP contribution in [-0.2, 0) is 13.8 Å². The van der Waals surface area contributed by atoms with Crippen molar-refractivity contribution in [1.29, 1.82) is 0 Å². The number of hydrogen-bond donors (Lipinski definition) is 0. The SMILES string of the molecule is O=C1CC(CS(=O)(=O)Cl)CN1c1ncnc(Cl)c1Cl. The van der Waals surface area contributed by atoms with E-state index in [-0.39, 0.29) is 46.5 Å². The zero-order valence-corrected chi connectivity index (χ0v) is 12.5. The van der Waals surface area contributed by atoms with Gasteiger partial charge in [0, 0.05) is 29.6 Å². The maximum Gasteiger partial charge on any atom is 0.232 e. The Bertz CT molecular complexity index is 622. The highest BCUT2D eigenvalue weighted by Gasteiger charge is 2.35. The van der Waals surface area contributed by atoms with Crippen molar-refractivity contribution < 1.29 is 13.2 Å². The Labute approximate surface area is 124 Å². The molecular formula is C9H8Cl3N3O3S. The number of nitrogens with zero attached hydrogens (tertiary/aromatic N) is 3. The lowest BCUT2D eigenvalue weighted by Gasteiger charge is -2.16. The molecule has 0 aliphatic carbocycles. The highest BCUT2D eigenvalue weighted by Crippen LogP contribution is 2.33. The van der Waals surface area contributed by atoms with Crippen molar-refractivity contribution in [2.75, 3.05) is 17.2 Å². The van der Waals surface area contributed by atoms with Crippen molar-refractivity contribution in [2.45, 2.75) is 6.42 Å². The van der Waals surface area contributed by atoms with Gasteiger partial charge in [-0.2, -0.15) is 0 Å².